The fourth-order valence-electron chi connectivity index (χ4n) is 1.74. The fourth-order valence-corrected chi connectivity index (χ4v) is 2.93. The van der Waals surface area contributed by atoms with Crippen molar-refractivity contribution in [1.82, 2.24) is 15.1 Å². The van der Waals surface area contributed by atoms with Gasteiger partial charge < -0.3 is 5.32 Å². The molecule has 114 valence electrons. The molecule has 0 aliphatic carbocycles. The molecule has 1 aromatic carbocycles. The van der Waals surface area contributed by atoms with E-state index in [-0.39, 0.29) is 4.90 Å². The van der Waals surface area contributed by atoms with Crippen LogP contribution in [0.5, 0.6) is 0 Å². The van der Waals surface area contributed by atoms with Crippen LogP contribution in [0.25, 0.3) is 0 Å². The number of likely N-dealkylation sites (N-methyl/N-ethyl adjacent to an activating group) is 1. The number of nitrogens with one attached hydrogen (secondary N) is 2. The number of halogens is 1. The van der Waals surface area contributed by atoms with Crippen LogP contribution in [0.1, 0.15) is 6.92 Å². The molecule has 0 amide bonds. The Hall–Kier alpha value is -1.57. The maximum atomic E-state index is 12.2. The second-order valence-corrected chi connectivity index (χ2v) is 6.53. The molecule has 8 heteroatoms. The van der Waals surface area contributed by atoms with Gasteiger partial charge in [0.25, 0.3) is 10.0 Å². The van der Waals surface area contributed by atoms with Crippen molar-refractivity contribution >= 4 is 27.3 Å². The number of nitrogens with zero attached hydrogens (tertiary/aromatic N) is 2. The number of hydrogen-bond donors (Lipinski definition) is 2. The molecule has 1 heterocycles. The lowest BCUT2D eigenvalue weighted by molar-refractivity contribution is 0.564. The monoisotopic (exact) mass is 328 g/mol. The third-order valence-corrected chi connectivity index (χ3v) is 4.34. The Bertz CT molecular complexity index is 700. The highest BCUT2D eigenvalue weighted by molar-refractivity contribution is 7.92. The summed E-state index contributed by atoms with van der Waals surface area (Å²) in [6.07, 6.45) is 2.84. The molecule has 0 fully saturated rings. The summed E-state index contributed by atoms with van der Waals surface area (Å²) in [6.45, 7) is 4.22. The summed E-state index contributed by atoms with van der Waals surface area (Å²) in [7, 11) is -3.65. The molecule has 2 rings (SSSR count). The zero-order valence-corrected chi connectivity index (χ0v) is 13.2. The lowest BCUT2D eigenvalue weighted by Gasteiger charge is -2.06. The Morgan fingerprint density at radius 1 is 1.38 bits per heavy atom. The molecular weight excluding hydrogens is 312 g/mol. The first kappa shape index (κ1) is 15.8. The van der Waals surface area contributed by atoms with E-state index in [1.807, 2.05) is 6.92 Å². The van der Waals surface area contributed by atoms with E-state index in [9.17, 15) is 8.42 Å². The average Bonchev–Trinajstić information content (AvgIpc) is 2.88. The maximum Gasteiger partial charge on any atom is 0.265 e. The van der Waals surface area contributed by atoms with Crippen molar-refractivity contribution in [1.29, 1.82) is 0 Å². The Labute approximate surface area is 129 Å². The van der Waals surface area contributed by atoms with E-state index >= 15 is 0 Å². The van der Waals surface area contributed by atoms with Gasteiger partial charge in [0.2, 0.25) is 0 Å². The molecule has 0 saturated carbocycles. The average molecular weight is 329 g/mol. The number of sulfonamides is 1. The minimum absolute atomic E-state index is 0.124. The second kappa shape index (κ2) is 6.93. The van der Waals surface area contributed by atoms with Crippen molar-refractivity contribution in [3.63, 3.8) is 0 Å². The van der Waals surface area contributed by atoms with Gasteiger partial charge in [-0.15, -0.1) is 0 Å². The van der Waals surface area contributed by atoms with Crippen LogP contribution in [0, 0.1) is 0 Å². The van der Waals surface area contributed by atoms with E-state index in [0.717, 1.165) is 13.1 Å². The van der Waals surface area contributed by atoms with Gasteiger partial charge in [-0.25, -0.2) is 8.42 Å². The van der Waals surface area contributed by atoms with Crippen LogP contribution in [0.3, 0.4) is 0 Å². The molecule has 0 unspecified atom stereocenters. The quantitative estimate of drug-likeness (QED) is 0.762. The van der Waals surface area contributed by atoms with Gasteiger partial charge in [-0.1, -0.05) is 24.6 Å². The van der Waals surface area contributed by atoms with Crippen molar-refractivity contribution in [3.05, 3.63) is 41.7 Å². The molecule has 0 aliphatic rings. The van der Waals surface area contributed by atoms with Gasteiger partial charge in [-0.2, -0.15) is 5.10 Å². The predicted molar refractivity (Wildman–Crippen MR) is 83.0 cm³/mol. The van der Waals surface area contributed by atoms with Gasteiger partial charge in [0, 0.05) is 17.8 Å². The number of anilines is 1. The molecule has 0 bridgehead atoms. The Kier molecular flexibility index (Phi) is 5.22. The van der Waals surface area contributed by atoms with Crippen molar-refractivity contribution in [2.45, 2.75) is 18.4 Å². The van der Waals surface area contributed by atoms with Crippen LogP contribution in [0.2, 0.25) is 5.02 Å². The minimum Gasteiger partial charge on any atom is -0.315 e. The summed E-state index contributed by atoms with van der Waals surface area (Å²) in [5.74, 6) is 0. The summed E-state index contributed by atoms with van der Waals surface area (Å²) in [6, 6.07) is 6.55. The number of rotatable bonds is 7. The normalized spacial score (nSPS) is 11.5. The highest BCUT2D eigenvalue weighted by Gasteiger charge is 2.16. The summed E-state index contributed by atoms with van der Waals surface area (Å²) in [5, 5.41) is 7.66. The van der Waals surface area contributed by atoms with Crippen molar-refractivity contribution in [2.75, 3.05) is 17.8 Å². The van der Waals surface area contributed by atoms with Crippen molar-refractivity contribution < 1.29 is 8.42 Å². The number of hydrogen-bond acceptors (Lipinski definition) is 4. The SMILES string of the molecule is CCNCCn1cc(S(=O)(=O)Nc2cccc(Cl)c2)cn1. The second-order valence-electron chi connectivity index (χ2n) is 4.41. The summed E-state index contributed by atoms with van der Waals surface area (Å²) < 4.78 is 28.5. The van der Waals surface area contributed by atoms with Crippen LogP contribution >= 0.6 is 11.6 Å². The van der Waals surface area contributed by atoms with E-state index in [0.29, 0.717) is 17.3 Å². The Balaban J connectivity index is 2.09. The third kappa shape index (κ3) is 4.45. The summed E-state index contributed by atoms with van der Waals surface area (Å²) in [5.41, 5.74) is 0.419. The molecule has 0 saturated heterocycles. The van der Waals surface area contributed by atoms with E-state index < -0.39 is 10.0 Å². The Morgan fingerprint density at radius 3 is 2.90 bits per heavy atom. The van der Waals surface area contributed by atoms with E-state index in [1.165, 1.54) is 12.4 Å². The zero-order chi connectivity index (χ0) is 15.3. The van der Waals surface area contributed by atoms with E-state index in [1.54, 1.807) is 28.9 Å². The number of benzene rings is 1. The topological polar surface area (TPSA) is 76.0 Å². The molecule has 21 heavy (non-hydrogen) atoms. The molecule has 0 aliphatic heterocycles. The molecule has 2 aromatic rings. The lowest BCUT2D eigenvalue weighted by atomic mass is 10.3. The highest BCUT2D eigenvalue weighted by atomic mass is 35.5. The smallest absolute Gasteiger partial charge is 0.265 e. The molecule has 0 radical (unpaired) electrons. The van der Waals surface area contributed by atoms with Gasteiger partial charge in [0.05, 0.1) is 18.4 Å². The van der Waals surface area contributed by atoms with Gasteiger partial charge in [-0.3, -0.25) is 9.40 Å². The molecule has 2 N–H and O–H groups in total. The first-order valence-electron chi connectivity index (χ1n) is 6.53. The van der Waals surface area contributed by atoms with Gasteiger partial charge >= 0.3 is 0 Å². The molecule has 0 spiro atoms. The van der Waals surface area contributed by atoms with Gasteiger partial charge in [0.15, 0.2) is 0 Å². The van der Waals surface area contributed by atoms with Gasteiger partial charge in [0.1, 0.15) is 4.90 Å². The minimum atomic E-state index is -3.65. The van der Waals surface area contributed by atoms with Crippen LogP contribution < -0.4 is 10.0 Å². The van der Waals surface area contributed by atoms with Crippen LogP contribution in [-0.4, -0.2) is 31.3 Å². The molecule has 6 nitrogen and oxygen atoms in total. The zero-order valence-electron chi connectivity index (χ0n) is 11.6. The maximum absolute atomic E-state index is 12.2. The number of aromatic nitrogens is 2. The molecule has 1 aromatic heterocycles. The largest absolute Gasteiger partial charge is 0.315 e. The van der Waals surface area contributed by atoms with E-state index in [2.05, 4.69) is 15.1 Å². The highest BCUT2D eigenvalue weighted by Crippen LogP contribution is 2.19. The first-order chi connectivity index (χ1) is 10.0. The van der Waals surface area contributed by atoms with Gasteiger partial charge in [-0.05, 0) is 24.7 Å². The van der Waals surface area contributed by atoms with Crippen molar-refractivity contribution in [3.8, 4) is 0 Å². The lowest BCUT2D eigenvalue weighted by Crippen LogP contribution is -2.19. The Morgan fingerprint density at radius 2 is 2.19 bits per heavy atom. The fraction of sp³-hybridized carbons (Fsp3) is 0.308. The summed E-state index contributed by atoms with van der Waals surface area (Å²) in [4.78, 5) is 0.124. The molecule has 0 atom stereocenters. The first-order valence-corrected chi connectivity index (χ1v) is 8.39. The van der Waals surface area contributed by atoms with Crippen LogP contribution in [-0.2, 0) is 16.6 Å². The van der Waals surface area contributed by atoms with Crippen molar-refractivity contribution in [2.24, 2.45) is 0 Å². The van der Waals surface area contributed by atoms with E-state index in [4.69, 9.17) is 11.6 Å². The summed E-state index contributed by atoms with van der Waals surface area (Å²) >= 11 is 5.84. The third-order valence-electron chi connectivity index (χ3n) is 2.76. The molecular formula is C13H17ClN4O2S. The van der Waals surface area contributed by atoms with Crippen LogP contribution in [0.4, 0.5) is 5.69 Å². The van der Waals surface area contributed by atoms with Crippen LogP contribution in [0.15, 0.2) is 41.6 Å². The standard InChI is InChI=1S/C13H17ClN4O2S/c1-2-15-6-7-18-10-13(9-16-18)21(19,20)17-12-5-3-4-11(14)8-12/h3-5,8-10,15,17H,2,6-7H2,1H3. The predicted octanol–water partition coefficient (Wildman–Crippen LogP) is 1.95.